The van der Waals surface area contributed by atoms with Crippen LogP contribution in [0.25, 0.3) is 0 Å². The number of nitrogens with zero attached hydrogens (tertiary/aromatic N) is 3. The Morgan fingerprint density at radius 3 is 3.00 bits per heavy atom. The van der Waals surface area contributed by atoms with E-state index in [9.17, 15) is 9.90 Å². The third-order valence-corrected chi connectivity index (χ3v) is 3.47. The molecule has 2 rings (SSSR count). The molecule has 6 nitrogen and oxygen atoms in total. The van der Waals surface area contributed by atoms with Crippen LogP contribution >= 0.6 is 0 Å². The number of anilines is 1. The Bertz CT molecular complexity index is 474. The van der Waals surface area contributed by atoms with Crippen LogP contribution in [0.1, 0.15) is 19.8 Å². The molecule has 0 radical (unpaired) electrons. The van der Waals surface area contributed by atoms with Gasteiger partial charge in [0.05, 0.1) is 31.1 Å². The highest BCUT2D eigenvalue weighted by molar-refractivity contribution is 5.43. The summed E-state index contributed by atoms with van der Waals surface area (Å²) < 4.78 is 1.18. The van der Waals surface area contributed by atoms with Crippen LogP contribution in [-0.4, -0.2) is 45.8 Å². The normalized spacial score (nSPS) is 21.4. The molecule has 1 aliphatic rings. The van der Waals surface area contributed by atoms with E-state index < -0.39 is 6.10 Å². The van der Waals surface area contributed by atoms with Crippen molar-refractivity contribution in [3.8, 4) is 0 Å². The van der Waals surface area contributed by atoms with E-state index >= 15 is 0 Å². The molecule has 106 valence electrons. The van der Waals surface area contributed by atoms with E-state index in [0.29, 0.717) is 5.92 Å². The maximum atomic E-state index is 11.9. The molecule has 2 N–H and O–H groups in total. The number of aliphatic hydroxyl groups excluding tert-OH is 2. The van der Waals surface area contributed by atoms with Crippen LogP contribution in [-0.2, 0) is 6.54 Å². The summed E-state index contributed by atoms with van der Waals surface area (Å²) in [7, 11) is 0. The fourth-order valence-corrected chi connectivity index (χ4v) is 2.42. The van der Waals surface area contributed by atoms with Crippen LogP contribution in [0, 0.1) is 5.92 Å². The summed E-state index contributed by atoms with van der Waals surface area (Å²) >= 11 is 0. The zero-order valence-electron chi connectivity index (χ0n) is 11.2. The van der Waals surface area contributed by atoms with Gasteiger partial charge in [-0.05, 0) is 18.8 Å². The summed E-state index contributed by atoms with van der Waals surface area (Å²) in [5.41, 5.74) is 0.592. The van der Waals surface area contributed by atoms with Crippen molar-refractivity contribution in [2.24, 2.45) is 5.92 Å². The second kappa shape index (κ2) is 6.16. The van der Waals surface area contributed by atoms with E-state index in [-0.39, 0.29) is 18.7 Å². The van der Waals surface area contributed by atoms with Crippen LogP contribution in [0.2, 0.25) is 0 Å². The molecule has 0 aliphatic carbocycles. The minimum atomic E-state index is -0.953. The predicted octanol–water partition coefficient (Wildman–Crippen LogP) is -0.167. The van der Waals surface area contributed by atoms with Crippen molar-refractivity contribution < 1.29 is 10.2 Å². The Labute approximate surface area is 112 Å². The van der Waals surface area contributed by atoms with Crippen molar-refractivity contribution in [1.29, 1.82) is 0 Å². The summed E-state index contributed by atoms with van der Waals surface area (Å²) in [5, 5.41) is 22.2. The number of piperidine rings is 1. The standard InChI is InChI=1S/C13H21N3O3/c1-10-3-2-4-15(7-10)11-5-13(19)16(14-6-11)8-12(18)9-17/h5-6,10,12,17-18H,2-4,7-9H2,1H3. The number of aromatic nitrogens is 2. The number of hydrogen-bond donors (Lipinski definition) is 2. The fourth-order valence-electron chi connectivity index (χ4n) is 2.42. The molecule has 1 aromatic rings. The number of rotatable bonds is 4. The van der Waals surface area contributed by atoms with Crippen LogP contribution in [0.15, 0.2) is 17.1 Å². The van der Waals surface area contributed by atoms with E-state index in [0.717, 1.165) is 25.2 Å². The average molecular weight is 267 g/mol. The molecule has 1 aliphatic heterocycles. The van der Waals surface area contributed by atoms with E-state index in [4.69, 9.17) is 5.11 Å². The summed E-state index contributed by atoms with van der Waals surface area (Å²) in [5.74, 6) is 0.632. The van der Waals surface area contributed by atoms with Gasteiger partial charge in [-0.15, -0.1) is 0 Å². The molecular formula is C13H21N3O3. The van der Waals surface area contributed by atoms with Gasteiger partial charge in [-0.2, -0.15) is 5.10 Å². The maximum absolute atomic E-state index is 11.9. The van der Waals surface area contributed by atoms with Crippen LogP contribution < -0.4 is 10.5 Å². The molecule has 0 aromatic carbocycles. The van der Waals surface area contributed by atoms with Gasteiger partial charge in [0, 0.05) is 19.2 Å². The molecule has 0 saturated carbocycles. The molecule has 19 heavy (non-hydrogen) atoms. The minimum absolute atomic E-state index is 0.0199. The minimum Gasteiger partial charge on any atom is -0.394 e. The second-order valence-corrected chi connectivity index (χ2v) is 5.26. The lowest BCUT2D eigenvalue weighted by Crippen LogP contribution is -2.36. The first-order valence-electron chi connectivity index (χ1n) is 6.71. The third-order valence-electron chi connectivity index (χ3n) is 3.47. The molecular weight excluding hydrogens is 246 g/mol. The Morgan fingerprint density at radius 2 is 2.37 bits per heavy atom. The van der Waals surface area contributed by atoms with Crippen molar-refractivity contribution in [2.45, 2.75) is 32.4 Å². The molecule has 0 amide bonds. The zero-order valence-corrected chi connectivity index (χ0v) is 11.2. The van der Waals surface area contributed by atoms with Crippen molar-refractivity contribution in [2.75, 3.05) is 24.6 Å². The van der Waals surface area contributed by atoms with Gasteiger partial charge in [0.1, 0.15) is 0 Å². The van der Waals surface area contributed by atoms with Gasteiger partial charge >= 0.3 is 0 Å². The van der Waals surface area contributed by atoms with Crippen molar-refractivity contribution >= 4 is 5.69 Å². The van der Waals surface area contributed by atoms with Crippen LogP contribution in [0.4, 0.5) is 5.69 Å². The average Bonchev–Trinajstić information content (AvgIpc) is 2.41. The SMILES string of the molecule is CC1CCCN(c2cnn(CC(O)CO)c(=O)c2)C1. The lowest BCUT2D eigenvalue weighted by Gasteiger charge is -2.32. The Balaban J connectivity index is 2.12. The van der Waals surface area contributed by atoms with Gasteiger partial charge in [0.2, 0.25) is 0 Å². The number of aliphatic hydroxyl groups is 2. The van der Waals surface area contributed by atoms with Gasteiger partial charge in [0.25, 0.3) is 5.56 Å². The van der Waals surface area contributed by atoms with Crippen molar-refractivity contribution in [3.05, 3.63) is 22.6 Å². The number of hydrogen-bond acceptors (Lipinski definition) is 5. The highest BCUT2D eigenvalue weighted by atomic mass is 16.3. The zero-order chi connectivity index (χ0) is 13.8. The van der Waals surface area contributed by atoms with Crippen LogP contribution in [0.5, 0.6) is 0 Å². The lowest BCUT2D eigenvalue weighted by molar-refractivity contribution is 0.0770. The van der Waals surface area contributed by atoms with Gasteiger partial charge in [-0.25, -0.2) is 4.68 Å². The molecule has 2 heterocycles. The first kappa shape index (κ1) is 14.0. The molecule has 6 heteroatoms. The molecule has 0 bridgehead atoms. The van der Waals surface area contributed by atoms with Gasteiger partial charge < -0.3 is 15.1 Å². The third kappa shape index (κ3) is 3.54. The first-order chi connectivity index (χ1) is 9.10. The smallest absolute Gasteiger partial charge is 0.268 e. The summed E-state index contributed by atoms with van der Waals surface area (Å²) in [6.07, 6.45) is 3.06. The Hall–Kier alpha value is -1.40. The molecule has 2 atom stereocenters. The van der Waals surface area contributed by atoms with Crippen molar-refractivity contribution in [1.82, 2.24) is 9.78 Å². The first-order valence-corrected chi connectivity index (χ1v) is 6.71. The van der Waals surface area contributed by atoms with Gasteiger partial charge in [-0.3, -0.25) is 4.79 Å². The quantitative estimate of drug-likeness (QED) is 0.792. The van der Waals surface area contributed by atoms with Crippen LogP contribution in [0.3, 0.4) is 0 Å². The Kier molecular flexibility index (Phi) is 4.55. The molecule has 1 aromatic heterocycles. The van der Waals surface area contributed by atoms with E-state index in [1.165, 1.54) is 11.1 Å². The van der Waals surface area contributed by atoms with Crippen molar-refractivity contribution in [3.63, 3.8) is 0 Å². The monoisotopic (exact) mass is 267 g/mol. The van der Waals surface area contributed by atoms with Gasteiger partial charge in [0.15, 0.2) is 0 Å². The highest BCUT2D eigenvalue weighted by Crippen LogP contribution is 2.20. The maximum Gasteiger partial charge on any atom is 0.268 e. The molecule has 1 saturated heterocycles. The van der Waals surface area contributed by atoms with E-state index in [1.807, 2.05) is 0 Å². The fraction of sp³-hybridized carbons (Fsp3) is 0.692. The Morgan fingerprint density at radius 1 is 1.58 bits per heavy atom. The summed E-state index contributed by atoms with van der Waals surface area (Å²) in [6.45, 7) is 3.75. The second-order valence-electron chi connectivity index (χ2n) is 5.26. The highest BCUT2D eigenvalue weighted by Gasteiger charge is 2.17. The molecule has 0 spiro atoms. The molecule has 1 fully saturated rings. The summed E-state index contributed by atoms with van der Waals surface area (Å²) in [6, 6.07) is 1.55. The molecule has 2 unspecified atom stereocenters. The van der Waals surface area contributed by atoms with E-state index in [2.05, 4.69) is 16.9 Å². The largest absolute Gasteiger partial charge is 0.394 e. The van der Waals surface area contributed by atoms with E-state index in [1.54, 1.807) is 12.3 Å². The topological polar surface area (TPSA) is 78.6 Å². The predicted molar refractivity (Wildman–Crippen MR) is 72.2 cm³/mol. The van der Waals surface area contributed by atoms with Gasteiger partial charge in [-0.1, -0.05) is 6.92 Å². The lowest BCUT2D eigenvalue weighted by atomic mass is 10.00. The summed E-state index contributed by atoms with van der Waals surface area (Å²) in [4.78, 5) is 14.1.